The average molecular weight is 444 g/mol. The van der Waals surface area contributed by atoms with Gasteiger partial charge in [-0.2, -0.15) is 0 Å². The van der Waals surface area contributed by atoms with Crippen LogP contribution in [0.15, 0.2) is 61.3 Å². The maximum Gasteiger partial charge on any atom is 0.231 e. The van der Waals surface area contributed by atoms with Gasteiger partial charge >= 0.3 is 0 Å². The quantitative estimate of drug-likeness (QED) is 0.573. The summed E-state index contributed by atoms with van der Waals surface area (Å²) >= 11 is 0. The second kappa shape index (κ2) is 8.75. The molecule has 2 atom stereocenters. The van der Waals surface area contributed by atoms with Crippen LogP contribution in [-0.4, -0.2) is 49.9 Å². The highest BCUT2D eigenvalue weighted by atomic mass is 16.2. The van der Waals surface area contributed by atoms with Crippen LogP contribution in [0.25, 0.3) is 0 Å². The monoisotopic (exact) mass is 443 g/mol. The molecule has 6 heteroatoms. The van der Waals surface area contributed by atoms with Gasteiger partial charge in [0.15, 0.2) is 0 Å². The van der Waals surface area contributed by atoms with Crippen molar-refractivity contribution in [1.82, 2.24) is 24.3 Å². The molecule has 2 aliphatic heterocycles. The number of pyridine rings is 1. The van der Waals surface area contributed by atoms with Crippen LogP contribution in [0.3, 0.4) is 0 Å². The Morgan fingerprint density at radius 3 is 2.67 bits per heavy atom. The molecule has 0 bridgehead atoms. The number of hydrogen-bond acceptors (Lipinski definition) is 4. The molecule has 1 aromatic carbocycles. The molecule has 1 spiro atoms. The van der Waals surface area contributed by atoms with Crippen molar-refractivity contribution in [2.75, 3.05) is 19.6 Å². The molecule has 2 aliphatic rings. The SMILES string of the molecule is Cc1cccc(CN2CC(c3cn(C(C)C)cn3)C3(CCN(Cc4ccncc4)C3=O)C2)c1. The molecule has 1 amide bonds. The van der Waals surface area contributed by atoms with Crippen LogP contribution in [0.4, 0.5) is 0 Å². The van der Waals surface area contributed by atoms with Crippen LogP contribution in [-0.2, 0) is 17.9 Å². The van der Waals surface area contributed by atoms with Gasteiger partial charge in [-0.25, -0.2) is 4.98 Å². The van der Waals surface area contributed by atoms with E-state index >= 15 is 0 Å². The van der Waals surface area contributed by atoms with Crippen LogP contribution < -0.4 is 0 Å². The molecule has 4 heterocycles. The average Bonchev–Trinajstić information content (AvgIpc) is 3.49. The zero-order valence-electron chi connectivity index (χ0n) is 19.8. The van der Waals surface area contributed by atoms with Gasteiger partial charge in [0.1, 0.15) is 0 Å². The van der Waals surface area contributed by atoms with E-state index in [1.165, 1.54) is 11.1 Å². The van der Waals surface area contributed by atoms with Crippen LogP contribution in [0.2, 0.25) is 0 Å². The van der Waals surface area contributed by atoms with Gasteiger partial charge in [0.25, 0.3) is 0 Å². The van der Waals surface area contributed by atoms with Crippen molar-refractivity contribution in [2.24, 2.45) is 5.41 Å². The summed E-state index contributed by atoms with van der Waals surface area (Å²) in [6.45, 7) is 10.4. The van der Waals surface area contributed by atoms with Crippen LogP contribution in [0.5, 0.6) is 0 Å². The first-order valence-corrected chi connectivity index (χ1v) is 11.9. The van der Waals surface area contributed by atoms with Gasteiger partial charge in [0.05, 0.1) is 17.4 Å². The number of amides is 1. The van der Waals surface area contributed by atoms with Crippen molar-refractivity contribution in [3.05, 3.63) is 83.7 Å². The zero-order valence-corrected chi connectivity index (χ0v) is 19.8. The molecule has 0 radical (unpaired) electrons. The van der Waals surface area contributed by atoms with Crippen molar-refractivity contribution >= 4 is 5.91 Å². The van der Waals surface area contributed by atoms with Crippen molar-refractivity contribution in [3.63, 3.8) is 0 Å². The molecule has 0 N–H and O–H groups in total. The summed E-state index contributed by atoms with van der Waals surface area (Å²) in [5.41, 5.74) is 4.35. The Bertz CT molecular complexity index is 1120. The molecular weight excluding hydrogens is 410 g/mol. The lowest BCUT2D eigenvalue weighted by atomic mass is 9.75. The lowest BCUT2D eigenvalue weighted by molar-refractivity contribution is -0.136. The number of rotatable bonds is 6. The van der Waals surface area contributed by atoms with Crippen LogP contribution in [0, 0.1) is 12.3 Å². The molecule has 3 aromatic rings. The third kappa shape index (κ3) is 4.20. The maximum atomic E-state index is 14.0. The first-order valence-electron chi connectivity index (χ1n) is 11.9. The topological polar surface area (TPSA) is 54.3 Å². The number of aromatic nitrogens is 3. The summed E-state index contributed by atoms with van der Waals surface area (Å²) in [4.78, 5) is 27.4. The van der Waals surface area contributed by atoms with Gasteiger partial charge < -0.3 is 9.47 Å². The van der Waals surface area contributed by atoms with Gasteiger partial charge in [-0.15, -0.1) is 0 Å². The maximum absolute atomic E-state index is 14.0. The van der Waals surface area contributed by atoms with E-state index in [9.17, 15) is 4.79 Å². The Morgan fingerprint density at radius 1 is 1.12 bits per heavy atom. The molecule has 2 unspecified atom stereocenters. The summed E-state index contributed by atoms with van der Waals surface area (Å²) in [5, 5.41) is 0. The fourth-order valence-corrected chi connectivity index (χ4v) is 5.57. The van der Waals surface area contributed by atoms with Gasteiger partial charge in [-0.3, -0.25) is 14.7 Å². The standard InChI is InChI=1S/C27H33N5O/c1-20(2)32-17-25(29-19-32)24-16-30(14-23-6-4-5-21(3)13-23)18-27(24)9-12-31(26(27)33)15-22-7-10-28-11-8-22/h4-8,10-11,13,17,19-20,24H,9,12,14-16,18H2,1-3H3. The van der Waals surface area contributed by atoms with E-state index in [4.69, 9.17) is 4.98 Å². The fourth-order valence-electron chi connectivity index (χ4n) is 5.57. The summed E-state index contributed by atoms with van der Waals surface area (Å²) in [5.74, 6) is 0.382. The lowest BCUT2D eigenvalue weighted by Crippen LogP contribution is -2.39. The Morgan fingerprint density at radius 2 is 1.94 bits per heavy atom. The summed E-state index contributed by atoms with van der Waals surface area (Å²) in [6, 6.07) is 13.0. The van der Waals surface area contributed by atoms with Crippen LogP contribution >= 0.6 is 0 Å². The minimum atomic E-state index is -0.410. The lowest BCUT2D eigenvalue weighted by Gasteiger charge is -2.28. The number of hydrogen-bond donors (Lipinski definition) is 0. The molecule has 0 aliphatic carbocycles. The highest BCUT2D eigenvalue weighted by Gasteiger charge is 2.57. The molecular formula is C27H33N5O. The van der Waals surface area contributed by atoms with E-state index in [0.717, 1.165) is 43.9 Å². The first-order chi connectivity index (χ1) is 15.9. The van der Waals surface area contributed by atoms with Crippen LogP contribution in [0.1, 0.15) is 54.6 Å². The predicted molar refractivity (Wildman–Crippen MR) is 129 cm³/mol. The number of benzene rings is 1. The number of carbonyl (C=O) groups is 1. The van der Waals surface area contributed by atoms with E-state index < -0.39 is 5.41 Å². The van der Waals surface area contributed by atoms with Gasteiger partial charge in [-0.1, -0.05) is 29.8 Å². The second-order valence-electron chi connectivity index (χ2n) is 10.0. The summed E-state index contributed by atoms with van der Waals surface area (Å²) < 4.78 is 2.15. The van der Waals surface area contributed by atoms with E-state index in [2.05, 4.69) is 65.7 Å². The molecule has 33 heavy (non-hydrogen) atoms. The number of aryl methyl sites for hydroxylation is 1. The predicted octanol–water partition coefficient (Wildman–Crippen LogP) is 4.19. The highest BCUT2D eigenvalue weighted by Crippen LogP contribution is 2.50. The number of likely N-dealkylation sites (tertiary alicyclic amines) is 2. The molecule has 2 saturated heterocycles. The zero-order chi connectivity index (χ0) is 23.0. The molecule has 0 saturated carbocycles. The second-order valence-corrected chi connectivity index (χ2v) is 10.0. The summed E-state index contributed by atoms with van der Waals surface area (Å²) in [7, 11) is 0. The third-order valence-electron chi connectivity index (χ3n) is 7.34. The van der Waals surface area contributed by atoms with Crippen molar-refractivity contribution in [3.8, 4) is 0 Å². The minimum Gasteiger partial charge on any atom is -0.338 e. The smallest absolute Gasteiger partial charge is 0.231 e. The first kappa shape index (κ1) is 21.8. The highest BCUT2D eigenvalue weighted by molar-refractivity contribution is 5.86. The third-order valence-corrected chi connectivity index (χ3v) is 7.34. The number of carbonyl (C=O) groups excluding carboxylic acids is 1. The molecule has 2 fully saturated rings. The Labute approximate surface area is 196 Å². The van der Waals surface area contributed by atoms with Crippen molar-refractivity contribution in [2.45, 2.75) is 52.2 Å². The Balaban J connectivity index is 1.43. The molecule has 2 aromatic heterocycles. The molecule has 6 nitrogen and oxygen atoms in total. The van der Waals surface area contributed by atoms with E-state index in [-0.39, 0.29) is 11.8 Å². The number of nitrogens with zero attached hydrogens (tertiary/aromatic N) is 5. The fraction of sp³-hybridized carbons (Fsp3) is 0.444. The number of imidazole rings is 1. The van der Waals surface area contributed by atoms with Crippen molar-refractivity contribution in [1.29, 1.82) is 0 Å². The molecule has 172 valence electrons. The normalized spacial score (nSPS) is 23.3. The summed E-state index contributed by atoms with van der Waals surface area (Å²) in [6.07, 6.45) is 8.55. The van der Waals surface area contributed by atoms with Gasteiger partial charge in [0, 0.05) is 63.3 Å². The van der Waals surface area contributed by atoms with E-state index in [1.807, 2.05) is 23.4 Å². The largest absolute Gasteiger partial charge is 0.338 e. The Hall–Kier alpha value is -2.99. The van der Waals surface area contributed by atoms with E-state index in [0.29, 0.717) is 12.6 Å². The Kier molecular flexibility index (Phi) is 5.79. The minimum absolute atomic E-state index is 0.109. The van der Waals surface area contributed by atoms with E-state index in [1.54, 1.807) is 12.4 Å². The molecule has 5 rings (SSSR count). The van der Waals surface area contributed by atoms with Gasteiger partial charge in [0.2, 0.25) is 5.91 Å². The van der Waals surface area contributed by atoms with Crippen molar-refractivity contribution < 1.29 is 4.79 Å². The van der Waals surface area contributed by atoms with Gasteiger partial charge in [-0.05, 0) is 50.5 Å².